The molecule has 0 bridgehead atoms. The van der Waals surface area contributed by atoms with Crippen molar-refractivity contribution in [3.63, 3.8) is 0 Å². The smallest absolute Gasteiger partial charge is 0.248 e. The van der Waals surface area contributed by atoms with Crippen molar-refractivity contribution in [2.45, 2.75) is 5.54 Å². The SMILES string of the molecule is COc1cccc(Oc2ncsc2C(N)(C=O)c2ccc(C(N)=O)cc2F)c1. The molecular weight excluding hydrogens is 385 g/mol. The zero-order valence-electron chi connectivity index (χ0n) is 14.7. The minimum absolute atomic E-state index is 0.0355. The van der Waals surface area contributed by atoms with E-state index in [1.54, 1.807) is 24.3 Å². The molecule has 28 heavy (non-hydrogen) atoms. The molecule has 0 fully saturated rings. The lowest BCUT2D eigenvalue weighted by Crippen LogP contribution is -2.40. The molecule has 1 unspecified atom stereocenters. The number of ether oxygens (including phenoxy) is 2. The summed E-state index contributed by atoms with van der Waals surface area (Å²) in [5.74, 6) is -0.599. The van der Waals surface area contributed by atoms with Gasteiger partial charge in [-0.15, -0.1) is 11.3 Å². The quantitative estimate of drug-likeness (QED) is 0.588. The Morgan fingerprint density at radius 3 is 2.64 bits per heavy atom. The Kier molecular flexibility index (Phi) is 5.39. The van der Waals surface area contributed by atoms with E-state index in [2.05, 4.69) is 4.98 Å². The highest BCUT2D eigenvalue weighted by atomic mass is 32.1. The summed E-state index contributed by atoms with van der Waals surface area (Å²) in [4.78, 5) is 27.5. The highest BCUT2D eigenvalue weighted by Gasteiger charge is 2.37. The van der Waals surface area contributed by atoms with Crippen LogP contribution >= 0.6 is 11.3 Å². The van der Waals surface area contributed by atoms with Gasteiger partial charge in [0.15, 0.2) is 0 Å². The van der Waals surface area contributed by atoms with Crippen LogP contribution in [0.2, 0.25) is 0 Å². The second kappa shape index (κ2) is 7.75. The number of benzene rings is 2. The number of halogens is 1. The standard InChI is InChI=1S/C19H16FN3O4S/c1-26-12-3-2-4-13(8-12)27-18-16(28-10-23-18)19(22,9-24)14-6-5-11(17(21)25)7-15(14)20/h2-10H,22H2,1H3,(H2,21,25). The first-order valence-electron chi connectivity index (χ1n) is 8.00. The van der Waals surface area contributed by atoms with Gasteiger partial charge in [-0.2, -0.15) is 0 Å². The minimum Gasteiger partial charge on any atom is -0.497 e. The molecule has 1 atom stereocenters. The topological polar surface area (TPSA) is 118 Å². The average molecular weight is 401 g/mol. The van der Waals surface area contributed by atoms with E-state index in [9.17, 15) is 14.0 Å². The Labute approximate surface area is 163 Å². The van der Waals surface area contributed by atoms with Gasteiger partial charge >= 0.3 is 0 Å². The second-order valence-electron chi connectivity index (χ2n) is 5.81. The van der Waals surface area contributed by atoms with Gasteiger partial charge in [0, 0.05) is 17.2 Å². The Bertz CT molecular complexity index is 1040. The van der Waals surface area contributed by atoms with Crippen molar-refractivity contribution in [2.24, 2.45) is 11.5 Å². The monoisotopic (exact) mass is 401 g/mol. The predicted octanol–water partition coefficient (Wildman–Crippen LogP) is 2.58. The minimum atomic E-state index is -1.87. The molecule has 4 N–H and O–H groups in total. The number of nitrogens with two attached hydrogens (primary N) is 2. The van der Waals surface area contributed by atoms with Crippen LogP contribution in [0.4, 0.5) is 4.39 Å². The summed E-state index contributed by atoms with van der Waals surface area (Å²) < 4.78 is 25.5. The van der Waals surface area contributed by atoms with E-state index < -0.39 is 17.3 Å². The van der Waals surface area contributed by atoms with E-state index in [0.29, 0.717) is 17.8 Å². The van der Waals surface area contributed by atoms with Crippen LogP contribution < -0.4 is 20.9 Å². The van der Waals surface area contributed by atoms with Crippen LogP contribution in [0.3, 0.4) is 0 Å². The molecule has 1 aromatic heterocycles. The van der Waals surface area contributed by atoms with E-state index in [-0.39, 0.29) is 21.9 Å². The van der Waals surface area contributed by atoms with Gasteiger partial charge in [-0.05, 0) is 24.3 Å². The molecule has 7 nitrogen and oxygen atoms in total. The zero-order chi connectivity index (χ0) is 20.3. The molecular formula is C19H16FN3O4S. The van der Waals surface area contributed by atoms with E-state index in [0.717, 1.165) is 17.4 Å². The maximum Gasteiger partial charge on any atom is 0.248 e. The van der Waals surface area contributed by atoms with Crippen molar-refractivity contribution in [1.82, 2.24) is 4.98 Å². The van der Waals surface area contributed by atoms with Crippen molar-refractivity contribution < 1.29 is 23.5 Å². The Morgan fingerprint density at radius 1 is 1.25 bits per heavy atom. The number of aldehydes is 1. The fourth-order valence-corrected chi connectivity index (χ4v) is 3.40. The van der Waals surface area contributed by atoms with Gasteiger partial charge in [-0.1, -0.05) is 12.1 Å². The summed E-state index contributed by atoms with van der Waals surface area (Å²) in [6, 6.07) is 10.2. The van der Waals surface area contributed by atoms with Crippen LogP contribution in [0.15, 0.2) is 48.0 Å². The summed E-state index contributed by atoms with van der Waals surface area (Å²) in [7, 11) is 1.52. The number of hydrogen-bond donors (Lipinski definition) is 2. The summed E-state index contributed by atoms with van der Waals surface area (Å²) in [6.45, 7) is 0. The number of hydrogen-bond acceptors (Lipinski definition) is 7. The van der Waals surface area contributed by atoms with Crippen molar-refractivity contribution in [3.8, 4) is 17.4 Å². The number of primary amides is 1. The van der Waals surface area contributed by atoms with Crippen LogP contribution in [0.1, 0.15) is 20.8 Å². The fourth-order valence-electron chi connectivity index (χ4n) is 2.60. The highest BCUT2D eigenvalue weighted by Crippen LogP contribution is 2.38. The average Bonchev–Trinajstić information content (AvgIpc) is 3.16. The third-order valence-corrected chi connectivity index (χ3v) is 5.01. The van der Waals surface area contributed by atoms with Gasteiger partial charge in [-0.3, -0.25) is 4.79 Å². The molecule has 3 aromatic rings. The lowest BCUT2D eigenvalue weighted by atomic mass is 9.89. The third-order valence-electron chi connectivity index (χ3n) is 4.05. The molecule has 144 valence electrons. The number of amides is 1. The van der Waals surface area contributed by atoms with E-state index in [1.165, 1.54) is 24.8 Å². The molecule has 2 aromatic carbocycles. The van der Waals surface area contributed by atoms with Crippen molar-refractivity contribution in [3.05, 3.63) is 69.8 Å². The van der Waals surface area contributed by atoms with Crippen molar-refractivity contribution in [1.29, 1.82) is 0 Å². The number of aromatic nitrogens is 1. The Balaban J connectivity index is 2.03. The van der Waals surface area contributed by atoms with E-state index >= 15 is 0 Å². The first-order valence-corrected chi connectivity index (χ1v) is 8.88. The summed E-state index contributed by atoms with van der Waals surface area (Å²) in [5.41, 5.74) is 10.8. The van der Waals surface area contributed by atoms with Crippen molar-refractivity contribution in [2.75, 3.05) is 7.11 Å². The molecule has 1 heterocycles. The highest BCUT2D eigenvalue weighted by molar-refractivity contribution is 7.10. The van der Waals surface area contributed by atoms with Gasteiger partial charge in [0.05, 0.1) is 12.6 Å². The number of carbonyl (C=O) groups is 2. The molecule has 0 saturated carbocycles. The van der Waals surface area contributed by atoms with Crippen LogP contribution in [0.5, 0.6) is 17.4 Å². The number of rotatable bonds is 7. The molecule has 3 rings (SSSR count). The van der Waals surface area contributed by atoms with E-state index in [1.807, 2.05) is 0 Å². The Morgan fingerprint density at radius 2 is 2.00 bits per heavy atom. The molecule has 0 aliphatic heterocycles. The third kappa shape index (κ3) is 3.57. The predicted molar refractivity (Wildman–Crippen MR) is 101 cm³/mol. The number of carbonyl (C=O) groups excluding carboxylic acids is 2. The van der Waals surface area contributed by atoms with Gasteiger partial charge in [0.2, 0.25) is 11.8 Å². The van der Waals surface area contributed by atoms with Crippen LogP contribution in [0, 0.1) is 5.82 Å². The van der Waals surface area contributed by atoms with Crippen LogP contribution in [0.25, 0.3) is 0 Å². The molecule has 0 spiro atoms. The fraction of sp³-hybridized carbons (Fsp3) is 0.105. The molecule has 0 aliphatic rings. The molecule has 0 aliphatic carbocycles. The van der Waals surface area contributed by atoms with Crippen LogP contribution in [-0.4, -0.2) is 24.3 Å². The van der Waals surface area contributed by atoms with Gasteiger partial charge in [-0.25, -0.2) is 9.37 Å². The summed E-state index contributed by atoms with van der Waals surface area (Å²) in [6.07, 6.45) is 0.404. The van der Waals surface area contributed by atoms with E-state index in [4.69, 9.17) is 20.9 Å². The first-order chi connectivity index (χ1) is 13.4. The maximum absolute atomic E-state index is 14.6. The number of nitrogens with zero attached hydrogens (tertiary/aromatic N) is 1. The second-order valence-corrected chi connectivity index (χ2v) is 6.67. The largest absolute Gasteiger partial charge is 0.497 e. The molecule has 9 heteroatoms. The number of thiazole rings is 1. The van der Waals surface area contributed by atoms with Gasteiger partial charge in [0.25, 0.3) is 0 Å². The molecule has 0 radical (unpaired) electrons. The van der Waals surface area contributed by atoms with Gasteiger partial charge in [0.1, 0.15) is 34.0 Å². The maximum atomic E-state index is 14.6. The van der Waals surface area contributed by atoms with Crippen molar-refractivity contribution >= 4 is 23.5 Å². The zero-order valence-corrected chi connectivity index (χ0v) is 15.5. The summed E-state index contributed by atoms with van der Waals surface area (Å²) >= 11 is 1.04. The van der Waals surface area contributed by atoms with Crippen LogP contribution in [-0.2, 0) is 10.3 Å². The van der Waals surface area contributed by atoms with Gasteiger partial charge < -0.3 is 25.7 Å². The lowest BCUT2D eigenvalue weighted by Gasteiger charge is -2.23. The lowest BCUT2D eigenvalue weighted by molar-refractivity contribution is -0.111. The Hall–Kier alpha value is -3.30. The first kappa shape index (κ1) is 19.5. The summed E-state index contributed by atoms with van der Waals surface area (Å²) in [5, 5.41) is 0. The molecule has 1 amide bonds. The molecule has 0 saturated heterocycles. The normalized spacial score (nSPS) is 12.8. The number of methoxy groups -OCH3 is 1.